The number of aromatic carboxylic acids is 1. The summed E-state index contributed by atoms with van der Waals surface area (Å²) in [6, 6.07) is 8.81. The van der Waals surface area contributed by atoms with Gasteiger partial charge in [-0.05, 0) is 31.2 Å². The number of carbonyl (C=O) groups is 1. The van der Waals surface area contributed by atoms with E-state index in [-0.39, 0.29) is 11.7 Å². The third-order valence-corrected chi connectivity index (χ3v) is 4.10. The number of benzene rings is 1. The zero-order valence-electron chi connectivity index (χ0n) is 12.1. The lowest BCUT2D eigenvalue weighted by Gasteiger charge is -2.27. The normalized spacial score (nSPS) is 22.1. The zero-order chi connectivity index (χ0) is 14.8. The van der Waals surface area contributed by atoms with Crippen molar-refractivity contribution in [2.75, 3.05) is 0 Å². The first-order chi connectivity index (χ1) is 10.1. The van der Waals surface area contributed by atoms with Crippen LogP contribution in [0.25, 0.3) is 10.9 Å². The predicted molar refractivity (Wildman–Crippen MR) is 80.8 cm³/mol. The van der Waals surface area contributed by atoms with Crippen LogP contribution >= 0.6 is 0 Å². The Hall–Kier alpha value is -2.10. The molecule has 1 aliphatic rings. The monoisotopic (exact) mass is 285 g/mol. The number of aromatic nitrogens is 1. The van der Waals surface area contributed by atoms with Crippen molar-refractivity contribution < 1.29 is 14.6 Å². The summed E-state index contributed by atoms with van der Waals surface area (Å²) in [6.45, 7) is 2.23. The van der Waals surface area contributed by atoms with Gasteiger partial charge in [0.15, 0.2) is 0 Å². The van der Waals surface area contributed by atoms with Gasteiger partial charge in [0.25, 0.3) is 0 Å². The van der Waals surface area contributed by atoms with Crippen molar-refractivity contribution in [2.45, 2.75) is 38.7 Å². The smallest absolute Gasteiger partial charge is 0.336 e. The maximum absolute atomic E-state index is 11.4. The number of fused-ring (bicyclic) bond motifs is 1. The first-order valence-corrected chi connectivity index (χ1v) is 7.43. The van der Waals surface area contributed by atoms with Gasteiger partial charge >= 0.3 is 5.97 Å². The Morgan fingerprint density at radius 1 is 1.33 bits per heavy atom. The highest BCUT2D eigenvalue weighted by atomic mass is 16.5. The lowest BCUT2D eigenvalue weighted by molar-refractivity contribution is 0.0697. The number of carboxylic acids is 1. The van der Waals surface area contributed by atoms with Crippen LogP contribution in [-0.2, 0) is 0 Å². The Kier molecular flexibility index (Phi) is 3.78. The predicted octanol–water partition coefficient (Wildman–Crippen LogP) is 3.89. The largest absolute Gasteiger partial charge is 0.478 e. The van der Waals surface area contributed by atoms with Gasteiger partial charge in [0.1, 0.15) is 6.10 Å². The molecular weight excluding hydrogens is 266 g/mol. The minimum atomic E-state index is -0.949. The number of rotatable bonds is 3. The van der Waals surface area contributed by atoms with Gasteiger partial charge in [-0.15, -0.1) is 0 Å². The van der Waals surface area contributed by atoms with E-state index in [1.54, 1.807) is 12.1 Å². The molecule has 2 atom stereocenters. The van der Waals surface area contributed by atoms with Crippen molar-refractivity contribution in [3.63, 3.8) is 0 Å². The summed E-state index contributed by atoms with van der Waals surface area (Å²) in [5.41, 5.74) is 0.913. The van der Waals surface area contributed by atoms with E-state index >= 15 is 0 Å². The lowest BCUT2D eigenvalue weighted by Crippen LogP contribution is -2.24. The van der Waals surface area contributed by atoms with E-state index in [0.29, 0.717) is 22.7 Å². The first-order valence-electron chi connectivity index (χ1n) is 7.43. The van der Waals surface area contributed by atoms with Crippen molar-refractivity contribution >= 4 is 16.9 Å². The van der Waals surface area contributed by atoms with E-state index in [0.717, 1.165) is 19.3 Å². The van der Waals surface area contributed by atoms with Gasteiger partial charge in [0, 0.05) is 11.5 Å². The summed E-state index contributed by atoms with van der Waals surface area (Å²) in [7, 11) is 0. The molecule has 0 saturated heterocycles. The summed E-state index contributed by atoms with van der Waals surface area (Å²) in [5.74, 6) is 0.129. The molecule has 0 amide bonds. The van der Waals surface area contributed by atoms with E-state index < -0.39 is 5.97 Å². The highest BCUT2D eigenvalue weighted by Crippen LogP contribution is 2.28. The summed E-state index contributed by atoms with van der Waals surface area (Å²) < 4.78 is 5.95. The fourth-order valence-electron chi connectivity index (χ4n) is 3.04. The molecule has 0 aliphatic heterocycles. The maximum atomic E-state index is 11.4. The number of nitrogens with zero attached hydrogens (tertiary/aromatic N) is 1. The van der Waals surface area contributed by atoms with Gasteiger partial charge in [-0.2, -0.15) is 0 Å². The van der Waals surface area contributed by atoms with Crippen LogP contribution in [0.1, 0.15) is 43.0 Å². The molecule has 1 aliphatic carbocycles. The van der Waals surface area contributed by atoms with Gasteiger partial charge in [0.05, 0.1) is 11.1 Å². The fraction of sp³-hybridized carbons (Fsp3) is 0.412. The van der Waals surface area contributed by atoms with E-state index in [9.17, 15) is 9.90 Å². The van der Waals surface area contributed by atoms with Crippen LogP contribution < -0.4 is 4.74 Å². The van der Waals surface area contributed by atoms with Crippen molar-refractivity contribution in [3.05, 3.63) is 35.9 Å². The molecule has 1 fully saturated rings. The molecule has 4 nitrogen and oxygen atoms in total. The molecule has 1 N–H and O–H groups in total. The van der Waals surface area contributed by atoms with E-state index in [1.807, 2.05) is 18.2 Å². The van der Waals surface area contributed by atoms with Crippen molar-refractivity contribution in [2.24, 2.45) is 5.92 Å². The number of pyridine rings is 1. The molecule has 0 radical (unpaired) electrons. The SMILES string of the molecule is CC1CCCC(Oc2cc(C(=O)O)c3ccccc3n2)C1. The Balaban J connectivity index is 1.93. The van der Waals surface area contributed by atoms with Crippen LogP contribution in [0.2, 0.25) is 0 Å². The lowest BCUT2D eigenvalue weighted by atomic mass is 9.89. The van der Waals surface area contributed by atoms with Gasteiger partial charge in [-0.3, -0.25) is 0 Å². The number of ether oxygens (including phenoxy) is 1. The molecular formula is C17H19NO3. The minimum absolute atomic E-state index is 0.143. The second-order valence-electron chi connectivity index (χ2n) is 5.84. The van der Waals surface area contributed by atoms with Gasteiger partial charge in [0.2, 0.25) is 5.88 Å². The molecule has 1 heterocycles. The third kappa shape index (κ3) is 2.99. The summed E-state index contributed by atoms with van der Waals surface area (Å²) in [6.07, 6.45) is 4.57. The maximum Gasteiger partial charge on any atom is 0.336 e. The average Bonchev–Trinajstić information content (AvgIpc) is 2.46. The van der Waals surface area contributed by atoms with Crippen LogP contribution in [0.5, 0.6) is 5.88 Å². The Labute approximate surface area is 123 Å². The number of para-hydroxylation sites is 1. The Morgan fingerprint density at radius 3 is 2.90 bits per heavy atom. The molecule has 4 heteroatoms. The van der Waals surface area contributed by atoms with Crippen LogP contribution in [0.15, 0.2) is 30.3 Å². The zero-order valence-corrected chi connectivity index (χ0v) is 12.1. The van der Waals surface area contributed by atoms with Crippen LogP contribution in [0.3, 0.4) is 0 Å². The molecule has 21 heavy (non-hydrogen) atoms. The molecule has 0 spiro atoms. The van der Waals surface area contributed by atoms with Crippen LogP contribution in [0.4, 0.5) is 0 Å². The average molecular weight is 285 g/mol. The highest BCUT2D eigenvalue weighted by molar-refractivity contribution is 6.02. The number of hydrogen-bond acceptors (Lipinski definition) is 3. The van der Waals surface area contributed by atoms with Gasteiger partial charge < -0.3 is 9.84 Å². The Bertz CT molecular complexity index is 668. The van der Waals surface area contributed by atoms with Crippen molar-refractivity contribution in [3.8, 4) is 5.88 Å². The quantitative estimate of drug-likeness (QED) is 0.929. The fourth-order valence-corrected chi connectivity index (χ4v) is 3.04. The third-order valence-electron chi connectivity index (χ3n) is 4.10. The van der Waals surface area contributed by atoms with Crippen molar-refractivity contribution in [1.82, 2.24) is 4.98 Å². The molecule has 2 unspecified atom stereocenters. The minimum Gasteiger partial charge on any atom is -0.478 e. The van der Waals surface area contributed by atoms with E-state index in [2.05, 4.69) is 11.9 Å². The number of carboxylic acid groups (broad SMARTS) is 1. The molecule has 1 aromatic heterocycles. The van der Waals surface area contributed by atoms with Crippen LogP contribution in [-0.4, -0.2) is 22.2 Å². The number of hydrogen-bond donors (Lipinski definition) is 1. The topological polar surface area (TPSA) is 59.4 Å². The molecule has 1 aromatic carbocycles. The molecule has 1 saturated carbocycles. The highest BCUT2D eigenvalue weighted by Gasteiger charge is 2.21. The molecule has 110 valence electrons. The van der Waals surface area contributed by atoms with Crippen LogP contribution in [0, 0.1) is 5.92 Å². The standard InChI is InChI=1S/C17H19NO3/c1-11-5-4-6-12(9-11)21-16-10-14(17(19)20)13-7-2-3-8-15(13)18-16/h2-3,7-8,10-12H,4-6,9H2,1H3,(H,19,20). The second-order valence-corrected chi connectivity index (χ2v) is 5.84. The summed E-state index contributed by atoms with van der Waals surface area (Å²) in [4.78, 5) is 15.9. The molecule has 0 bridgehead atoms. The summed E-state index contributed by atoms with van der Waals surface area (Å²) in [5, 5.41) is 10.0. The molecule has 2 aromatic rings. The Morgan fingerprint density at radius 2 is 2.14 bits per heavy atom. The summed E-state index contributed by atoms with van der Waals surface area (Å²) >= 11 is 0. The second kappa shape index (κ2) is 5.72. The first kappa shape index (κ1) is 13.9. The molecule has 3 rings (SSSR count). The van der Waals surface area contributed by atoms with E-state index in [4.69, 9.17) is 4.74 Å². The van der Waals surface area contributed by atoms with Crippen molar-refractivity contribution in [1.29, 1.82) is 0 Å². The van der Waals surface area contributed by atoms with Gasteiger partial charge in [-0.25, -0.2) is 9.78 Å². The van der Waals surface area contributed by atoms with E-state index in [1.165, 1.54) is 6.42 Å². The van der Waals surface area contributed by atoms with Gasteiger partial charge in [-0.1, -0.05) is 31.5 Å².